The Hall–Kier alpha value is -0.0400. The third-order valence-corrected chi connectivity index (χ3v) is 3.40. The molecular formula is C12H25N. The van der Waals surface area contributed by atoms with Crippen LogP contribution in [-0.4, -0.2) is 13.1 Å². The Morgan fingerprint density at radius 2 is 1.77 bits per heavy atom. The predicted molar refractivity (Wildman–Crippen MR) is 58.8 cm³/mol. The van der Waals surface area contributed by atoms with Gasteiger partial charge in [-0.25, -0.2) is 0 Å². The molecule has 0 saturated heterocycles. The fraction of sp³-hybridized carbons (Fsp3) is 1.00. The van der Waals surface area contributed by atoms with E-state index in [9.17, 15) is 0 Å². The Labute approximate surface area is 83.3 Å². The first kappa shape index (κ1) is 11.0. The zero-order chi connectivity index (χ0) is 9.68. The molecule has 78 valence electrons. The van der Waals surface area contributed by atoms with Crippen molar-refractivity contribution in [2.45, 2.75) is 46.5 Å². The first-order valence-electron chi connectivity index (χ1n) is 5.96. The summed E-state index contributed by atoms with van der Waals surface area (Å²) in [7, 11) is 0. The summed E-state index contributed by atoms with van der Waals surface area (Å²) < 4.78 is 0. The molecule has 1 heteroatoms. The predicted octanol–water partition coefficient (Wildman–Crippen LogP) is 3.06. The molecule has 0 radical (unpaired) electrons. The molecule has 1 aliphatic carbocycles. The quantitative estimate of drug-likeness (QED) is 0.706. The van der Waals surface area contributed by atoms with Crippen LogP contribution in [0.3, 0.4) is 0 Å². The minimum atomic E-state index is 0.952. The summed E-state index contributed by atoms with van der Waals surface area (Å²) >= 11 is 0. The summed E-state index contributed by atoms with van der Waals surface area (Å²) in [6, 6.07) is 0. The number of hydrogen-bond acceptors (Lipinski definition) is 1. The van der Waals surface area contributed by atoms with E-state index in [1.165, 1.54) is 32.2 Å². The minimum Gasteiger partial charge on any atom is -0.317 e. The van der Waals surface area contributed by atoms with Crippen LogP contribution in [0.5, 0.6) is 0 Å². The lowest BCUT2D eigenvalue weighted by molar-refractivity contribution is 0.199. The van der Waals surface area contributed by atoms with Crippen molar-refractivity contribution >= 4 is 0 Å². The normalized spacial score (nSPS) is 34.8. The van der Waals surface area contributed by atoms with Gasteiger partial charge < -0.3 is 5.32 Å². The molecule has 1 aliphatic rings. The fourth-order valence-electron chi connectivity index (χ4n) is 2.75. The molecule has 0 bridgehead atoms. The van der Waals surface area contributed by atoms with E-state index in [-0.39, 0.29) is 0 Å². The lowest BCUT2D eigenvalue weighted by Gasteiger charge is -2.33. The van der Waals surface area contributed by atoms with Gasteiger partial charge in [0.2, 0.25) is 0 Å². The second-order valence-electron chi connectivity index (χ2n) is 4.76. The average Bonchev–Trinajstić information content (AvgIpc) is 2.14. The maximum atomic E-state index is 3.48. The summed E-state index contributed by atoms with van der Waals surface area (Å²) in [6.07, 6.45) is 5.77. The first-order valence-corrected chi connectivity index (χ1v) is 5.96. The standard InChI is InChI=1S/C12H25N/c1-4-11-6-10(3)7-12(8-11)9-13-5-2/h10-13H,4-9H2,1-3H3/t10?,11-,12?/m1/s1. The van der Waals surface area contributed by atoms with Crippen LogP contribution >= 0.6 is 0 Å². The molecule has 0 aliphatic heterocycles. The van der Waals surface area contributed by atoms with E-state index in [0.29, 0.717) is 0 Å². The van der Waals surface area contributed by atoms with Crippen LogP contribution in [-0.2, 0) is 0 Å². The van der Waals surface area contributed by atoms with E-state index in [4.69, 9.17) is 0 Å². The lowest BCUT2D eigenvalue weighted by atomic mass is 9.75. The van der Waals surface area contributed by atoms with E-state index in [1.54, 1.807) is 0 Å². The summed E-state index contributed by atoms with van der Waals surface area (Å²) in [5.74, 6) is 2.92. The van der Waals surface area contributed by atoms with E-state index < -0.39 is 0 Å². The van der Waals surface area contributed by atoms with Crippen molar-refractivity contribution < 1.29 is 0 Å². The summed E-state index contributed by atoms with van der Waals surface area (Å²) in [4.78, 5) is 0. The van der Waals surface area contributed by atoms with E-state index in [2.05, 4.69) is 26.1 Å². The van der Waals surface area contributed by atoms with E-state index in [1.807, 2.05) is 0 Å². The summed E-state index contributed by atoms with van der Waals surface area (Å²) in [5.41, 5.74) is 0. The third kappa shape index (κ3) is 3.68. The van der Waals surface area contributed by atoms with Crippen molar-refractivity contribution in [3.05, 3.63) is 0 Å². The third-order valence-electron chi connectivity index (χ3n) is 3.40. The molecule has 0 aromatic carbocycles. The van der Waals surface area contributed by atoms with Gasteiger partial charge in [-0.3, -0.25) is 0 Å². The van der Waals surface area contributed by atoms with Crippen molar-refractivity contribution in [3.63, 3.8) is 0 Å². The van der Waals surface area contributed by atoms with Crippen LogP contribution in [0.15, 0.2) is 0 Å². The maximum absolute atomic E-state index is 3.48. The Kier molecular flexibility index (Phi) is 4.79. The van der Waals surface area contributed by atoms with Crippen LogP contribution in [0.25, 0.3) is 0 Å². The first-order chi connectivity index (χ1) is 6.26. The molecule has 1 N–H and O–H groups in total. The van der Waals surface area contributed by atoms with Gasteiger partial charge in [0.05, 0.1) is 0 Å². The molecule has 2 unspecified atom stereocenters. The van der Waals surface area contributed by atoms with E-state index in [0.717, 1.165) is 24.3 Å². The number of hydrogen-bond donors (Lipinski definition) is 1. The highest BCUT2D eigenvalue weighted by molar-refractivity contribution is 4.77. The van der Waals surface area contributed by atoms with Crippen molar-refractivity contribution in [2.24, 2.45) is 17.8 Å². The van der Waals surface area contributed by atoms with Gasteiger partial charge in [0.15, 0.2) is 0 Å². The van der Waals surface area contributed by atoms with Gasteiger partial charge in [0, 0.05) is 0 Å². The summed E-state index contributed by atoms with van der Waals surface area (Å²) in [5, 5.41) is 3.48. The van der Waals surface area contributed by atoms with Gasteiger partial charge in [-0.2, -0.15) is 0 Å². The van der Waals surface area contributed by atoms with Gasteiger partial charge in [-0.05, 0) is 50.1 Å². The minimum absolute atomic E-state index is 0.952. The SMILES string of the molecule is CCNCC1CC(C)C[C@@H](CC)C1. The second kappa shape index (κ2) is 5.64. The largest absolute Gasteiger partial charge is 0.317 e. The molecule has 1 rings (SSSR count). The Bertz CT molecular complexity index is 133. The van der Waals surface area contributed by atoms with Crippen molar-refractivity contribution in [3.8, 4) is 0 Å². The molecule has 0 amide bonds. The van der Waals surface area contributed by atoms with Crippen LogP contribution < -0.4 is 5.32 Å². The Morgan fingerprint density at radius 1 is 1.08 bits per heavy atom. The zero-order valence-electron chi connectivity index (χ0n) is 9.47. The molecular weight excluding hydrogens is 158 g/mol. The lowest BCUT2D eigenvalue weighted by Crippen LogP contribution is -2.29. The van der Waals surface area contributed by atoms with Gasteiger partial charge in [0.1, 0.15) is 0 Å². The molecule has 1 saturated carbocycles. The highest BCUT2D eigenvalue weighted by atomic mass is 14.8. The van der Waals surface area contributed by atoms with Crippen molar-refractivity contribution in [1.29, 1.82) is 0 Å². The van der Waals surface area contributed by atoms with Crippen LogP contribution in [0.2, 0.25) is 0 Å². The zero-order valence-corrected chi connectivity index (χ0v) is 9.47. The molecule has 1 fully saturated rings. The van der Waals surface area contributed by atoms with Crippen LogP contribution in [0.4, 0.5) is 0 Å². The van der Waals surface area contributed by atoms with Gasteiger partial charge in [0.25, 0.3) is 0 Å². The molecule has 0 aromatic rings. The molecule has 1 nitrogen and oxygen atoms in total. The van der Waals surface area contributed by atoms with Crippen LogP contribution in [0.1, 0.15) is 46.5 Å². The topological polar surface area (TPSA) is 12.0 Å². The van der Waals surface area contributed by atoms with Gasteiger partial charge >= 0.3 is 0 Å². The maximum Gasteiger partial charge on any atom is -0.00204 e. The molecule has 13 heavy (non-hydrogen) atoms. The fourth-order valence-corrected chi connectivity index (χ4v) is 2.75. The number of rotatable bonds is 4. The van der Waals surface area contributed by atoms with Crippen LogP contribution in [0, 0.1) is 17.8 Å². The van der Waals surface area contributed by atoms with Gasteiger partial charge in [-0.15, -0.1) is 0 Å². The highest BCUT2D eigenvalue weighted by Crippen LogP contribution is 2.34. The Morgan fingerprint density at radius 3 is 2.38 bits per heavy atom. The highest BCUT2D eigenvalue weighted by Gasteiger charge is 2.24. The summed E-state index contributed by atoms with van der Waals surface area (Å²) in [6.45, 7) is 9.33. The molecule has 0 aromatic heterocycles. The smallest absolute Gasteiger partial charge is 0.00204 e. The van der Waals surface area contributed by atoms with E-state index >= 15 is 0 Å². The number of nitrogens with one attached hydrogen (secondary N) is 1. The Balaban J connectivity index is 2.29. The average molecular weight is 183 g/mol. The monoisotopic (exact) mass is 183 g/mol. The second-order valence-corrected chi connectivity index (χ2v) is 4.76. The van der Waals surface area contributed by atoms with Crippen molar-refractivity contribution in [2.75, 3.05) is 13.1 Å². The molecule has 0 spiro atoms. The van der Waals surface area contributed by atoms with Gasteiger partial charge in [-0.1, -0.05) is 27.2 Å². The molecule has 0 heterocycles. The molecule has 3 atom stereocenters. The van der Waals surface area contributed by atoms with Crippen molar-refractivity contribution in [1.82, 2.24) is 5.32 Å².